The minimum atomic E-state index is -0.452. The second kappa shape index (κ2) is 6.47. The van der Waals surface area contributed by atoms with Crippen LogP contribution < -0.4 is 16.4 Å². The molecule has 1 unspecified atom stereocenters. The number of rotatable bonds is 4. The Kier molecular flexibility index (Phi) is 5.18. The van der Waals surface area contributed by atoms with Crippen LogP contribution in [-0.4, -0.2) is 30.6 Å². The summed E-state index contributed by atoms with van der Waals surface area (Å²) in [5, 5.41) is 5.91. The molecule has 0 aliphatic rings. The topological polar surface area (TPSA) is 93.4 Å². The highest BCUT2D eigenvalue weighted by molar-refractivity contribution is 5.92. The summed E-state index contributed by atoms with van der Waals surface area (Å²) in [6, 6.07) is 4.32. The molecule has 21 heavy (non-hydrogen) atoms. The van der Waals surface area contributed by atoms with Gasteiger partial charge in [0, 0.05) is 5.54 Å². The van der Waals surface area contributed by atoms with Crippen LogP contribution in [0.25, 0.3) is 0 Å². The molecule has 6 heteroatoms. The number of nitrogen functional groups attached to an aromatic ring is 1. The first-order chi connectivity index (χ1) is 9.64. The van der Waals surface area contributed by atoms with E-state index in [0.717, 1.165) is 0 Å². The lowest BCUT2D eigenvalue weighted by Gasteiger charge is -2.24. The molecule has 0 saturated heterocycles. The predicted molar refractivity (Wildman–Crippen MR) is 83.2 cm³/mol. The van der Waals surface area contributed by atoms with Gasteiger partial charge in [0.15, 0.2) is 0 Å². The largest absolute Gasteiger partial charge is 0.465 e. The molecule has 0 aliphatic carbocycles. The van der Waals surface area contributed by atoms with E-state index < -0.39 is 12.0 Å². The molecule has 0 spiro atoms. The first kappa shape index (κ1) is 16.8. The standard InChI is InChI=1S/C15H23N3O3/c1-9(13(19)18-15(2,3)4)17-12-7-6-10(8-11(12)16)14(20)21-5/h6-9,17H,16H2,1-5H3,(H,18,19). The van der Waals surface area contributed by atoms with Crippen molar-refractivity contribution in [2.75, 3.05) is 18.2 Å². The number of nitrogens with two attached hydrogens (primary N) is 1. The van der Waals surface area contributed by atoms with Crippen molar-refractivity contribution >= 4 is 23.3 Å². The van der Waals surface area contributed by atoms with Gasteiger partial charge in [0.25, 0.3) is 0 Å². The highest BCUT2D eigenvalue weighted by Crippen LogP contribution is 2.21. The molecule has 4 N–H and O–H groups in total. The van der Waals surface area contributed by atoms with Gasteiger partial charge in [0.2, 0.25) is 5.91 Å². The van der Waals surface area contributed by atoms with Crippen LogP contribution >= 0.6 is 0 Å². The van der Waals surface area contributed by atoms with Gasteiger partial charge in [-0.15, -0.1) is 0 Å². The lowest BCUT2D eigenvalue weighted by atomic mass is 10.1. The highest BCUT2D eigenvalue weighted by atomic mass is 16.5. The molecule has 0 aromatic heterocycles. The molecule has 0 bridgehead atoms. The lowest BCUT2D eigenvalue weighted by Crippen LogP contribution is -2.47. The average Bonchev–Trinajstić information content (AvgIpc) is 2.38. The van der Waals surface area contributed by atoms with E-state index in [1.54, 1.807) is 19.1 Å². The fourth-order valence-electron chi connectivity index (χ4n) is 1.72. The van der Waals surface area contributed by atoms with Crippen molar-refractivity contribution in [3.05, 3.63) is 23.8 Å². The molecule has 0 aliphatic heterocycles. The van der Waals surface area contributed by atoms with Gasteiger partial charge in [-0.25, -0.2) is 4.79 Å². The molecule has 1 aromatic rings. The highest BCUT2D eigenvalue weighted by Gasteiger charge is 2.19. The summed E-state index contributed by atoms with van der Waals surface area (Å²) in [7, 11) is 1.31. The van der Waals surface area contributed by atoms with E-state index in [4.69, 9.17) is 5.73 Å². The van der Waals surface area contributed by atoms with Gasteiger partial charge < -0.3 is 21.1 Å². The van der Waals surface area contributed by atoms with Crippen molar-refractivity contribution < 1.29 is 14.3 Å². The first-order valence-electron chi connectivity index (χ1n) is 6.70. The van der Waals surface area contributed by atoms with E-state index in [1.807, 2.05) is 20.8 Å². The maximum Gasteiger partial charge on any atom is 0.337 e. The Hall–Kier alpha value is -2.24. The molecule has 0 radical (unpaired) electrons. The number of esters is 1. The minimum absolute atomic E-state index is 0.126. The summed E-state index contributed by atoms with van der Waals surface area (Å²) in [5.41, 5.74) is 6.94. The molecule has 1 atom stereocenters. The van der Waals surface area contributed by atoms with Crippen LogP contribution in [0.15, 0.2) is 18.2 Å². The van der Waals surface area contributed by atoms with Crippen LogP contribution in [0.1, 0.15) is 38.1 Å². The molecule has 1 rings (SSSR count). The Morgan fingerprint density at radius 3 is 2.38 bits per heavy atom. The third kappa shape index (κ3) is 4.98. The first-order valence-corrected chi connectivity index (χ1v) is 6.70. The Labute approximate surface area is 125 Å². The van der Waals surface area contributed by atoms with Gasteiger partial charge in [-0.3, -0.25) is 4.79 Å². The van der Waals surface area contributed by atoms with E-state index in [2.05, 4.69) is 15.4 Å². The third-order valence-corrected chi connectivity index (χ3v) is 2.74. The van der Waals surface area contributed by atoms with Crippen molar-refractivity contribution in [3.63, 3.8) is 0 Å². The van der Waals surface area contributed by atoms with Crippen LogP contribution in [0.4, 0.5) is 11.4 Å². The summed E-state index contributed by atoms with van der Waals surface area (Å²) >= 11 is 0. The van der Waals surface area contributed by atoms with E-state index >= 15 is 0 Å². The summed E-state index contributed by atoms with van der Waals surface area (Å²) in [5.74, 6) is -0.578. The van der Waals surface area contributed by atoms with Crippen LogP contribution in [0.2, 0.25) is 0 Å². The van der Waals surface area contributed by atoms with Crippen LogP contribution in [0, 0.1) is 0 Å². The van der Waals surface area contributed by atoms with Crippen LogP contribution in [0.3, 0.4) is 0 Å². The quantitative estimate of drug-likeness (QED) is 0.581. The molecule has 6 nitrogen and oxygen atoms in total. The monoisotopic (exact) mass is 293 g/mol. The van der Waals surface area contributed by atoms with Crippen molar-refractivity contribution in [2.45, 2.75) is 39.3 Å². The molecule has 0 heterocycles. The number of benzene rings is 1. The lowest BCUT2D eigenvalue weighted by molar-refractivity contribution is -0.122. The van der Waals surface area contributed by atoms with E-state index in [0.29, 0.717) is 16.9 Å². The normalized spacial score (nSPS) is 12.4. The second-order valence-electron chi connectivity index (χ2n) is 5.90. The molecule has 116 valence electrons. The summed E-state index contributed by atoms with van der Waals surface area (Å²) < 4.78 is 4.63. The number of ether oxygens (including phenoxy) is 1. The molecule has 1 amide bonds. The van der Waals surface area contributed by atoms with Crippen molar-refractivity contribution in [2.24, 2.45) is 0 Å². The maximum absolute atomic E-state index is 12.0. The molecule has 1 aromatic carbocycles. The zero-order valence-electron chi connectivity index (χ0n) is 13.1. The summed E-state index contributed by atoms with van der Waals surface area (Å²) in [6.45, 7) is 7.49. The number of hydrogen-bond acceptors (Lipinski definition) is 5. The van der Waals surface area contributed by atoms with Gasteiger partial charge in [-0.2, -0.15) is 0 Å². The second-order valence-corrected chi connectivity index (χ2v) is 5.90. The fraction of sp³-hybridized carbons (Fsp3) is 0.467. The van der Waals surface area contributed by atoms with Gasteiger partial charge in [0.05, 0.1) is 24.0 Å². The third-order valence-electron chi connectivity index (χ3n) is 2.74. The number of methoxy groups -OCH3 is 1. The Bertz CT molecular complexity index is 535. The molecular formula is C15H23N3O3. The molecular weight excluding hydrogens is 270 g/mol. The van der Waals surface area contributed by atoms with Crippen LogP contribution in [-0.2, 0) is 9.53 Å². The van der Waals surface area contributed by atoms with E-state index in [9.17, 15) is 9.59 Å². The van der Waals surface area contributed by atoms with Gasteiger partial charge >= 0.3 is 5.97 Å². The number of hydrogen-bond donors (Lipinski definition) is 3. The van der Waals surface area contributed by atoms with Gasteiger partial charge in [-0.1, -0.05) is 0 Å². The predicted octanol–water partition coefficient (Wildman–Crippen LogP) is 1.77. The number of carbonyl (C=O) groups is 2. The SMILES string of the molecule is COC(=O)c1ccc(NC(C)C(=O)NC(C)(C)C)c(N)c1. The molecule has 0 fully saturated rings. The van der Waals surface area contributed by atoms with E-state index in [1.165, 1.54) is 13.2 Å². The summed E-state index contributed by atoms with van der Waals surface area (Å²) in [4.78, 5) is 23.4. The fourth-order valence-corrected chi connectivity index (χ4v) is 1.72. The zero-order chi connectivity index (χ0) is 16.2. The van der Waals surface area contributed by atoms with Gasteiger partial charge in [0.1, 0.15) is 6.04 Å². The van der Waals surface area contributed by atoms with E-state index in [-0.39, 0.29) is 11.4 Å². The Morgan fingerprint density at radius 1 is 1.29 bits per heavy atom. The zero-order valence-corrected chi connectivity index (χ0v) is 13.1. The van der Waals surface area contributed by atoms with Gasteiger partial charge in [-0.05, 0) is 45.9 Å². The van der Waals surface area contributed by atoms with Crippen molar-refractivity contribution in [3.8, 4) is 0 Å². The number of anilines is 2. The maximum atomic E-state index is 12.0. The average molecular weight is 293 g/mol. The molecule has 0 saturated carbocycles. The number of carbonyl (C=O) groups excluding carboxylic acids is 2. The van der Waals surface area contributed by atoms with Crippen LogP contribution in [0.5, 0.6) is 0 Å². The van der Waals surface area contributed by atoms with Crippen molar-refractivity contribution in [1.29, 1.82) is 0 Å². The number of nitrogens with one attached hydrogen (secondary N) is 2. The minimum Gasteiger partial charge on any atom is -0.465 e. The van der Waals surface area contributed by atoms with Crippen molar-refractivity contribution in [1.82, 2.24) is 5.32 Å². The Morgan fingerprint density at radius 2 is 1.90 bits per heavy atom. The Balaban J connectivity index is 2.79. The number of amides is 1. The summed E-state index contributed by atoms with van der Waals surface area (Å²) in [6.07, 6.45) is 0. The smallest absolute Gasteiger partial charge is 0.337 e.